The topological polar surface area (TPSA) is 273 Å². The van der Waals surface area contributed by atoms with Crippen LogP contribution in [0.1, 0.15) is 33.6 Å². The molecule has 0 saturated heterocycles. The van der Waals surface area contributed by atoms with Crippen LogP contribution in [-0.4, -0.2) is 150 Å². The first kappa shape index (κ1) is 34.5. The van der Waals surface area contributed by atoms with Gasteiger partial charge in [-0.15, -0.1) is 0 Å². The molecular formula is C21H43N3O12. The van der Waals surface area contributed by atoms with Gasteiger partial charge in [-0.25, -0.2) is 0 Å². The summed E-state index contributed by atoms with van der Waals surface area (Å²) in [6, 6.07) is -0.940. The van der Waals surface area contributed by atoms with Crippen molar-refractivity contribution in [3.05, 3.63) is 0 Å². The molecule has 0 aromatic carbocycles. The fourth-order valence-electron chi connectivity index (χ4n) is 3.07. The van der Waals surface area contributed by atoms with Crippen LogP contribution in [0.2, 0.25) is 0 Å². The van der Waals surface area contributed by atoms with Crippen molar-refractivity contribution in [2.45, 2.75) is 94.0 Å². The average Bonchev–Trinajstić information content (AvgIpc) is 2.84. The minimum atomic E-state index is -1.86. The van der Waals surface area contributed by atoms with Gasteiger partial charge in [-0.2, -0.15) is 0 Å². The summed E-state index contributed by atoms with van der Waals surface area (Å²) in [6.45, 7) is 2.62. The maximum absolute atomic E-state index is 12.6. The van der Waals surface area contributed by atoms with E-state index in [2.05, 4.69) is 16.0 Å². The molecule has 0 aromatic rings. The number of aliphatic hydroxyl groups is 10. The average molecular weight is 530 g/mol. The molecule has 0 radical (unpaired) electrons. The molecule has 0 aromatic heterocycles. The Balaban J connectivity index is 4.88. The van der Waals surface area contributed by atoms with Crippen LogP contribution in [-0.2, 0) is 9.59 Å². The standard InChI is InChI=1S/C21H43N3O12/c1-21(2,3)24-10(20(36)23-7-12(28)17(33)19(35)14(30)9-26)4-5-15(31)22-6-11(27)16(32)18(34)13(29)8-25/h10-14,16-19,24-30,32-35H,4-9H2,1-3H3,(H,22,31)(H,23,36). The van der Waals surface area contributed by atoms with Crippen LogP contribution in [0.4, 0.5) is 0 Å². The van der Waals surface area contributed by atoms with Crippen molar-refractivity contribution in [3.63, 3.8) is 0 Å². The number of aliphatic hydroxyl groups excluding tert-OH is 10. The first-order chi connectivity index (χ1) is 16.5. The van der Waals surface area contributed by atoms with Gasteiger partial charge in [-0.3, -0.25) is 9.59 Å². The molecule has 0 heterocycles. The Morgan fingerprint density at radius 2 is 1.06 bits per heavy atom. The first-order valence-corrected chi connectivity index (χ1v) is 11.5. The second-order valence-corrected chi connectivity index (χ2v) is 9.63. The zero-order valence-electron chi connectivity index (χ0n) is 20.7. The molecule has 0 saturated carbocycles. The van der Waals surface area contributed by atoms with E-state index in [0.29, 0.717) is 0 Å². The maximum atomic E-state index is 12.6. The Bertz CT molecular complexity index is 650. The second kappa shape index (κ2) is 16.4. The predicted molar refractivity (Wildman–Crippen MR) is 124 cm³/mol. The fourth-order valence-corrected chi connectivity index (χ4v) is 3.07. The van der Waals surface area contributed by atoms with E-state index in [1.54, 1.807) is 20.8 Å². The Hall–Kier alpha value is -1.50. The van der Waals surface area contributed by atoms with Crippen LogP contribution in [0.3, 0.4) is 0 Å². The second-order valence-electron chi connectivity index (χ2n) is 9.63. The smallest absolute Gasteiger partial charge is 0.237 e. The van der Waals surface area contributed by atoms with Gasteiger partial charge in [-0.05, 0) is 27.2 Å². The Labute approximate surface area is 209 Å². The number of carbonyl (C=O) groups is 2. The lowest BCUT2D eigenvalue weighted by Crippen LogP contribution is -2.55. The highest BCUT2D eigenvalue weighted by molar-refractivity contribution is 5.83. The number of hydrogen-bond acceptors (Lipinski definition) is 13. The maximum Gasteiger partial charge on any atom is 0.237 e. The fraction of sp³-hybridized carbons (Fsp3) is 0.905. The molecule has 0 rings (SSSR count). The monoisotopic (exact) mass is 529 g/mol. The van der Waals surface area contributed by atoms with Crippen molar-refractivity contribution in [1.29, 1.82) is 0 Å². The van der Waals surface area contributed by atoms with Crippen LogP contribution in [0.5, 0.6) is 0 Å². The molecule has 0 aliphatic carbocycles. The van der Waals surface area contributed by atoms with Gasteiger partial charge < -0.3 is 67.0 Å². The van der Waals surface area contributed by atoms with Crippen molar-refractivity contribution in [2.75, 3.05) is 26.3 Å². The van der Waals surface area contributed by atoms with Crippen LogP contribution in [0.15, 0.2) is 0 Å². The van der Waals surface area contributed by atoms with Crippen molar-refractivity contribution in [3.8, 4) is 0 Å². The highest BCUT2D eigenvalue weighted by Crippen LogP contribution is 2.09. The van der Waals surface area contributed by atoms with E-state index in [1.807, 2.05) is 0 Å². The van der Waals surface area contributed by atoms with Gasteiger partial charge in [0.15, 0.2) is 0 Å². The van der Waals surface area contributed by atoms with Gasteiger partial charge >= 0.3 is 0 Å². The van der Waals surface area contributed by atoms with E-state index in [9.17, 15) is 50.4 Å². The molecular weight excluding hydrogens is 486 g/mol. The summed E-state index contributed by atoms with van der Waals surface area (Å²) >= 11 is 0. The molecule has 214 valence electrons. The number of amides is 2. The summed E-state index contributed by atoms with van der Waals surface area (Å²) in [5.41, 5.74) is -0.567. The van der Waals surface area contributed by atoms with Crippen LogP contribution in [0, 0.1) is 0 Å². The van der Waals surface area contributed by atoms with Gasteiger partial charge in [0.25, 0.3) is 0 Å². The highest BCUT2D eigenvalue weighted by atomic mass is 16.4. The molecule has 2 amide bonds. The summed E-state index contributed by atoms with van der Waals surface area (Å²) in [7, 11) is 0. The van der Waals surface area contributed by atoms with E-state index in [-0.39, 0.29) is 12.8 Å². The Morgan fingerprint density at radius 1 is 0.667 bits per heavy atom. The van der Waals surface area contributed by atoms with Gasteiger partial charge in [-0.1, -0.05) is 0 Å². The van der Waals surface area contributed by atoms with Gasteiger partial charge in [0, 0.05) is 25.0 Å². The first-order valence-electron chi connectivity index (χ1n) is 11.5. The summed E-state index contributed by atoms with van der Waals surface area (Å²) in [4.78, 5) is 24.8. The van der Waals surface area contributed by atoms with E-state index in [0.717, 1.165) is 0 Å². The third kappa shape index (κ3) is 12.6. The van der Waals surface area contributed by atoms with Crippen molar-refractivity contribution >= 4 is 11.8 Å². The lowest BCUT2D eigenvalue weighted by Gasteiger charge is -2.29. The molecule has 9 unspecified atom stereocenters. The minimum absolute atomic E-state index is 0.0378. The van der Waals surface area contributed by atoms with Gasteiger partial charge in [0.05, 0.1) is 31.5 Å². The molecule has 0 spiro atoms. The molecule has 15 heteroatoms. The molecule has 15 nitrogen and oxygen atoms in total. The molecule has 36 heavy (non-hydrogen) atoms. The molecule has 0 aliphatic heterocycles. The van der Waals surface area contributed by atoms with Crippen LogP contribution >= 0.6 is 0 Å². The van der Waals surface area contributed by atoms with Gasteiger partial charge in [0.1, 0.15) is 36.6 Å². The van der Waals surface area contributed by atoms with E-state index < -0.39 is 98.5 Å². The zero-order valence-corrected chi connectivity index (χ0v) is 20.7. The molecule has 13 N–H and O–H groups in total. The summed E-state index contributed by atoms with van der Waals surface area (Å²) in [5, 5.41) is 103. The Morgan fingerprint density at radius 3 is 1.44 bits per heavy atom. The molecule has 0 bridgehead atoms. The largest absolute Gasteiger partial charge is 0.394 e. The lowest BCUT2D eigenvalue weighted by atomic mass is 10.0. The molecule has 0 aliphatic rings. The molecule has 0 fully saturated rings. The SMILES string of the molecule is CC(C)(C)NC(CCC(=O)NCC(O)C(O)C(O)C(O)CO)C(=O)NCC(O)C(O)C(O)C(O)CO. The molecule has 9 atom stereocenters. The third-order valence-electron chi connectivity index (χ3n) is 5.23. The highest BCUT2D eigenvalue weighted by Gasteiger charge is 2.32. The number of rotatable bonds is 17. The third-order valence-corrected chi connectivity index (χ3v) is 5.23. The zero-order chi connectivity index (χ0) is 28.2. The van der Waals surface area contributed by atoms with Crippen molar-refractivity contribution < 1.29 is 60.7 Å². The number of carbonyl (C=O) groups excluding carboxylic acids is 2. The van der Waals surface area contributed by atoms with Crippen molar-refractivity contribution in [1.82, 2.24) is 16.0 Å². The minimum Gasteiger partial charge on any atom is -0.394 e. The summed E-state index contributed by atoms with van der Waals surface area (Å²) in [6.07, 6.45) is -14.3. The number of hydrogen-bond donors (Lipinski definition) is 13. The van der Waals surface area contributed by atoms with E-state index >= 15 is 0 Å². The lowest BCUT2D eigenvalue weighted by molar-refractivity contribution is -0.129. The normalized spacial score (nSPS) is 19.8. The Kier molecular flexibility index (Phi) is 15.7. The van der Waals surface area contributed by atoms with E-state index in [1.165, 1.54) is 0 Å². The summed E-state index contributed by atoms with van der Waals surface area (Å²) < 4.78 is 0. The van der Waals surface area contributed by atoms with Gasteiger partial charge in [0.2, 0.25) is 11.8 Å². The van der Waals surface area contributed by atoms with Crippen LogP contribution < -0.4 is 16.0 Å². The van der Waals surface area contributed by atoms with E-state index in [4.69, 9.17) is 10.2 Å². The van der Waals surface area contributed by atoms with Crippen molar-refractivity contribution in [2.24, 2.45) is 0 Å². The predicted octanol–water partition coefficient (Wildman–Crippen LogP) is -6.37. The van der Waals surface area contributed by atoms with Crippen LogP contribution in [0.25, 0.3) is 0 Å². The number of nitrogens with one attached hydrogen (secondary N) is 3. The quantitative estimate of drug-likeness (QED) is 0.0836. The summed E-state index contributed by atoms with van der Waals surface area (Å²) in [5.74, 6) is -1.25.